The number of nitrogens with one attached hydrogen (secondary N) is 1. The first kappa shape index (κ1) is 19.3. The maximum absolute atomic E-state index is 14.0. The summed E-state index contributed by atoms with van der Waals surface area (Å²) in [6, 6.07) is 40.2. The van der Waals surface area contributed by atoms with Crippen LogP contribution in [0.5, 0.6) is 0 Å². The Kier molecular flexibility index (Phi) is 4.66. The number of fused-ring (bicyclic) bond motifs is 3. The zero-order valence-electron chi connectivity index (χ0n) is 17.9. The number of para-hydroxylation sites is 2. The lowest BCUT2D eigenvalue weighted by molar-refractivity contribution is 0.627. The van der Waals surface area contributed by atoms with Gasteiger partial charge in [-0.15, -0.1) is 0 Å². The third kappa shape index (κ3) is 3.54. The highest BCUT2D eigenvalue weighted by molar-refractivity contribution is 6.10. The summed E-state index contributed by atoms with van der Waals surface area (Å²) in [5.74, 6) is -0.237. The van der Waals surface area contributed by atoms with Crippen molar-refractivity contribution in [3.63, 3.8) is 0 Å². The molecule has 0 saturated carbocycles. The first-order valence-corrected chi connectivity index (χ1v) is 11.0. The summed E-state index contributed by atoms with van der Waals surface area (Å²) >= 11 is 0. The normalized spacial score (nSPS) is 11.2. The molecule has 1 heterocycles. The standard InChI is InChI=1S/C30H21FN2/c31-23-7-6-10-26(20-23)33-29-12-5-4-11-27(29)28-19-22(15-18-30(28)33)21-13-16-25(17-14-21)32-24-8-2-1-3-9-24/h1-20,32H. The SMILES string of the molecule is Fc1cccc(-n2c3ccccc3c3cc(-c4ccc(Nc5ccccc5)cc4)ccc32)c1. The van der Waals surface area contributed by atoms with Gasteiger partial charge in [-0.3, -0.25) is 0 Å². The predicted octanol–water partition coefficient (Wildman–Crippen LogP) is 8.33. The fraction of sp³-hybridized carbons (Fsp3) is 0. The van der Waals surface area contributed by atoms with E-state index in [1.165, 1.54) is 6.07 Å². The molecule has 0 atom stereocenters. The van der Waals surface area contributed by atoms with Crippen molar-refractivity contribution in [3.05, 3.63) is 127 Å². The smallest absolute Gasteiger partial charge is 0.125 e. The Bertz CT molecular complexity index is 1580. The lowest BCUT2D eigenvalue weighted by Gasteiger charge is -2.09. The number of hydrogen-bond acceptors (Lipinski definition) is 1. The zero-order valence-corrected chi connectivity index (χ0v) is 17.9. The second-order valence-corrected chi connectivity index (χ2v) is 8.13. The van der Waals surface area contributed by atoms with Crippen molar-refractivity contribution in [2.45, 2.75) is 0 Å². The van der Waals surface area contributed by atoms with Gasteiger partial charge in [0.25, 0.3) is 0 Å². The Morgan fingerprint density at radius 1 is 0.515 bits per heavy atom. The molecule has 5 aromatic carbocycles. The van der Waals surface area contributed by atoms with E-state index in [1.807, 2.05) is 30.3 Å². The number of benzene rings is 5. The Morgan fingerprint density at radius 2 is 1.21 bits per heavy atom. The Balaban J connectivity index is 1.43. The van der Waals surface area contributed by atoms with Crippen LogP contribution in [-0.2, 0) is 0 Å². The van der Waals surface area contributed by atoms with Gasteiger partial charge in [0.2, 0.25) is 0 Å². The number of nitrogens with zero attached hydrogens (tertiary/aromatic N) is 1. The minimum atomic E-state index is -0.237. The van der Waals surface area contributed by atoms with E-state index >= 15 is 0 Å². The molecule has 0 aliphatic heterocycles. The van der Waals surface area contributed by atoms with Crippen LogP contribution in [0.25, 0.3) is 38.6 Å². The van der Waals surface area contributed by atoms with Gasteiger partial charge in [0.15, 0.2) is 0 Å². The highest BCUT2D eigenvalue weighted by Gasteiger charge is 2.13. The van der Waals surface area contributed by atoms with E-state index in [4.69, 9.17) is 0 Å². The van der Waals surface area contributed by atoms with Crippen LogP contribution < -0.4 is 5.32 Å². The molecule has 3 heteroatoms. The number of anilines is 2. The second-order valence-electron chi connectivity index (χ2n) is 8.13. The molecule has 158 valence electrons. The molecule has 0 unspecified atom stereocenters. The van der Waals surface area contributed by atoms with Gasteiger partial charge in [0.05, 0.1) is 11.0 Å². The molecule has 1 aromatic heterocycles. The molecule has 0 amide bonds. The fourth-order valence-electron chi connectivity index (χ4n) is 4.48. The van der Waals surface area contributed by atoms with Gasteiger partial charge in [0, 0.05) is 27.8 Å². The van der Waals surface area contributed by atoms with Crippen molar-refractivity contribution >= 4 is 33.2 Å². The monoisotopic (exact) mass is 428 g/mol. The Hall–Kier alpha value is -4.37. The molecule has 0 bridgehead atoms. The van der Waals surface area contributed by atoms with Crippen molar-refractivity contribution < 1.29 is 4.39 Å². The van der Waals surface area contributed by atoms with Gasteiger partial charge in [-0.05, 0) is 71.8 Å². The molecule has 0 aliphatic rings. The zero-order chi connectivity index (χ0) is 22.2. The molecule has 0 spiro atoms. The van der Waals surface area contributed by atoms with E-state index in [-0.39, 0.29) is 5.82 Å². The molecule has 0 saturated heterocycles. The van der Waals surface area contributed by atoms with E-state index in [9.17, 15) is 4.39 Å². The molecule has 33 heavy (non-hydrogen) atoms. The summed E-state index contributed by atoms with van der Waals surface area (Å²) in [5, 5.41) is 5.73. The van der Waals surface area contributed by atoms with Crippen LogP contribution in [0.2, 0.25) is 0 Å². The van der Waals surface area contributed by atoms with Crippen LogP contribution in [0.1, 0.15) is 0 Å². The topological polar surface area (TPSA) is 17.0 Å². The molecule has 0 fully saturated rings. The predicted molar refractivity (Wildman–Crippen MR) is 136 cm³/mol. The highest BCUT2D eigenvalue weighted by Crippen LogP contribution is 2.35. The summed E-state index contributed by atoms with van der Waals surface area (Å²) < 4.78 is 16.1. The third-order valence-corrected chi connectivity index (χ3v) is 6.02. The maximum atomic E-state index is 14.0. The van der Waals surface area contributed by atoms with Crippen molar-refractivity contribution in [3.8, 4) is 16.8 Å². The summed E-state index contributed by atoms with van der Waals surface area (Å²) in [7, 11) is 0. The quantitative estimate of drug-likeness (QED) is 0.299. The van der Waals surface area contributed by atoms with E-state index < -0.39 is 0 Å². The van der Waals surface area contributed by atoms with Gasteiger partial charge in [-0.1, -0.05) is 60.7 Å². The number of halogens is 1. The Labute approximate surface area is 191 Å². The molecule has 1 N–H and O–H groups in total. The minimum absolute atomic E-state index is 0.237. The van der Waals surface area contributed by atoms with Crippen molar-refractivity contribution in [2.75, 3.05) is 5.32 Å². The van der Waals surface area contributed by atoms with Gasteiger partial charge in [-0.2, -0.15) is 0 Å². The lowest BCUT2D eigenvalue weighted by Crippen LogP contribution is -1.94. The van der Waals surface area contributed by atoms with Crippen molar-refractivity contribution in [1.29, 1.82) is 0 Å². The van der Waals surface area contributed by atoms with Crippen LogP contribution in [0, 0.1) is 5.82 Å². The first-order valence-electron chi connectivity index (χ1n) is 11.0. The van der Waals surface area contributed by atoms with E-state index in [0.717, 1.165) is 50.0 Å². The van der Waals surface area contributed by atoms with Gasteiger partial charge < -0.3 is 9.88 Å². The molecule has 2 nitrogen and oxygen atoms in total. The summed E-state index contributed by atoms with van der Waals surface area (Å²) in [4.78, 5) is 0. The van der Waals surface area contributed by atoms with Crippen LogP contribution in [0.15, 0.2) is 121 Å². The summed E-state index contributed by atoms with van der Waals surface area (Å²) in [6.07, 6.45) is 0. The third-order valence-electron chi connectivity index (χ3n) is 6.02. The molecule has 0 radical (unpaired) electrons. The highest BCUT2D eigenvalue weighted by atomic mass is 19.1. The van der Waals surface area contributed by atoms with Crippen LogP contribution in [0.4, 0.5) is 15.8 Å². The average Bonchev–Trinajstić information content (AvgIpc) is 3.19. The number of rotatable bonds is 4. The minimum Gasteiger partial charge on any atom is -0.356 e. The Morgan fingerprint density at radius 3 is 2.03 bits per heavy atom. The van der Waals surface area contributed by atoms with E-state index in [1.54, 1.807) is 12.1 Å². The maximum Gasteiger partial charge on any atom is 0.125 e. The fourth-order valence-corrected chi connectivity index (χ4v) is 4.48. The molecule has 6 aromatic rings. The first-order chi connectivity index (χ1) is 16.3. The summed E-state index contributed by atoms with van der Waals surface area (Å²) in [5.41, 5.74) is 7.37. The van der Waals surface area contributed by atoms with Crippen molar-refractivity contribution in [2.24, 2.45) is 0 Å². The van der Waals surface area contributed by atoms with Crippen LogP contribution in [-0.4, -0.2) is 4.57 Å². The summed E-state index contributed by atoms with van der Waals surface area (Å²) in [6.45, 7) is 0. The van der Waals surface area contributed by atoms with Gasteiger partial charge in [-0.25, -0.2) is 4.39 Å². The van der Waals surface area contributed by atoms with Crippen LogP contribution in [0.3, 0.4) is 0 Å². The van der Waals surface area contributed by atoms with E-state index in [2.05, 4.69) is 82.7 Å². The largest absolute Gasteiger partial charge is 0.356 e. The van der Waals surface area contributed by atoms with E-state index in [0.29, 0.717) is 0 Å². The molecular weight excluding hydrogens is 407 g/mol. The average molecular weight is 429 g/mol. The second kappa shape index (κ2) is 7.95. The van der Waals surface area contributed by atoms with Gasteiger partial charge in [0.1, 0.15) is 5.82 Å². The lowest BCUT2D eigenvalue weighted by atomic mass is 10.0. The van der Waals surface area contributed by atoms with Gasteiger partial charge >= 0.3 is 0 Å². The molecule has 0 aliphatic carbocycles. The number of aromatic nitrogens is 1. The van der Waals surface area contributed by atoms with Crippen LogP contribution >= 0.6 is 0 Å². The number of hydrogen-bond donors (Lipinski definition) is 1. The molecular formula is C30H21FN2. The molecule has 6 rings (SSSR count). The van der Waals surface area contributed by atoms with Crippen molar-refractivity contribution in [1.82, 2.24) is 4.57 Å².